The van der Waals surface area contributed by atoms with Gasteiger partial charge >= 0.3 is 0 Å². The number of rotatable bonds is 1. The van der Waals surface area contributed by atoms with Crippen LogP contribution in [-0.2, 0) is 0 Å². The van der Waals surface area contributed by atoms with E-state index in [1.54, 1.807) is 30.9 Å². The van der Waals surface area contributed by atoms with E-state index in [2.05, 4.69) is 15.0 Å². The molecule has 0 atom stereocenters. The number of hydrogen-bond donors (Lipinski definition) is 0. The van der Waals surface area contributed by atoms with Crippen LogP contribution in [0, 0.1) is 0 Å². The molecule has 3 rings (SSSR count). The molecule has 0 N–H and O–H groups in total. The quantitative estimate of drug-likeness (QED) is 0.646. The van der Waals surface area contributed by atoms with E-state index in [4.69, 9.17) is 16.0 Å². The van der Waals surface area contributed by atoms with E-state index < -0.39 is 0 Å². The summed E-state index contributed by atoms with van der Waals surface area (Å²) in [5, 5.41) is 0.553. The maximum atomic E-state index is 5.83. The molecule has 3 aromatic rings. The first-order valence-electron chi connectivity index (χ1n) is 4.63. The lowest BCUT2D eigenvalue weighted by Crippen LogP contribution is -1.82. The third kappa shape index (κ3) is 1.44. The molecule has 0 aromatic carbocycles. The molecule has 3 heterocycles. The molecule has 0 saturated heterocycles. The van der Waals surface area contributed by atoms with Crippen molar-refractivity contribution < 1.29 is 4.42 Å². The highest BCUT2D eigenvalue weighted by molar-refractivity contribution is 6.31. The normalized spacial score (nSPS) is 10.8. The number of hydrogen-bond acceptors (Lipinski definition) is 4. The Labute approximate surface area is 95.9 Å². The van der Waals surface area contributed by atoms with Gasteiger partial charge < -0.3 is 4.42 Å². The van der Waals surface area contributed by atoms with Crippen molar-refractivity contribution in [2.45, 2.75) is 0 Å². The summed E-state index contributed by atoms with van der Waals surface area (Å²) in [6, 6.07) is 1.73. The zero-order valence-corrected chi connectivity index (χ0v) is 8.85. The lowest BCUT2D eigenvalue weighted by molar-refractivity contribution is 0.616. The van der Waals surface area contributed by atoms with Crippen molar-refractivity contribution in [3.8, 4) is 11.1 Å². The predicted molar refractivity (Wildman–Crippen MR) is 60.0 cm³/mol. The average Bonchev–Trinajstić information content (AvgIpc) is 2.73. The maximum Gasteiger partial charge on any atom is 0.154 e. The summed E-state index contributed by atoms with van der Waals surface area (Å²) >= 11 is 5.83. The number of aromatic nitrogens is 3. The van der Waals surface area contributed by atoms with Gasteiger partial charge in [0.1, 0.15) is 18.1 Å². The van der Waals surface area contributed by atoms with Crippen molar-refractivity contribution in [3.63, 3.8) is 0 Å². The number of pyridine rings is 1. The third-order valence-corrected chi connectivity index (χ3v) is 2.46. The van der Waals surface area contributed by atoms with Crippen LogP contribution >= 0.6 is 11.6 Å². The minimum Gasteiger partial charge on any atom is -0.462 e. The lowest BCUT2D eigenvalue weighted by Gasteiger charge is -1.95. The predicted octanol–water partition coefficient (Wildman–Crippen LogP) is 2.94. The zero-order valence-electron chi connectivity index (χ0n) is 8.09. The largest absolute Gasteiger partial charge is 0.462 e. The molecule has 0 radical (unpaired) electrons. The van der Waals surface area contributed by atoms with Crippen molar-refractivity contribution in [1.82, 2.24) is 15.0 Å². The SMILES string of the molecule is Clc1cnc2c(-c3cncnc3)coc2c1. The number of furan rings is 1. The first-order valence-corrected chi connectivity index (χ1v) is 5.00. The summed E-state index contributed by atoms with van der Waals surface area (Å²) in [6.45, 7) is 0. The van der Waals surface area contributed by atoms with Gasteiger partial charge in [-0.2, -0.15) is 0 Å². The Bertz CT molecular complexity index is 636. The Kier molecular flexibility index (Phi) is 2.08. The molecule has 0 fully saturated rings. The summed E-state index contributed by atoms with van der Waals surface area (Å²) in [6.07, 6.45) is 8.14. The van der Waals surface area contributed by atoms with Crippen LogP contribution in [-0.4, -0.2) is 15.0 Å². The first-order chi connectivity index (χ1) is 7.84. The molecule has 16 heavy (non-hydrogen) atoms. The van der Waals surface area contributed by atoms with Crippen LogP contribution in [0.15, 0.2) is 41.7 Å². The third-order valence-electron chi connectivity index (χ3n) is 2.25. The fourth-order valence-electron chi connectivity index (χ4n) is 1.53. The first kappa shape index (κ1) is 9.30. The van der Waals surface area contributed by atoms with Gasteiger partial charge in [-0.3, -0.25) is 4.98 Å². The van der Waals surface area contributed by atoms with Crippen LogP contribution in [0.25, 0.3) is 22.2 Å². The summed E-state index contributed by atoms with van der Waals surface area (Å²) in [5.74, 6) is 0. The van der Waals surface area contributed by atoms with E-state index in [1.807, 2.05) is 0 Å². The van der Waals surface area contributed by atoms with Gasteiger partial charge in [0, 0.05) is 35.8 Å². The molecule has 0 aliphatic rings. The van der Waals surface area contributed by atoms with Gasteiger partial charge in [0.25, 0.3) is 0 Å². The molecular weight excluding hydrogens is 226 g/mol. The monoisotopic (exact) mass is 231 g/mol. The van der Waals surface area contributed by atoms with Gasteiger partial charge in [-0.05, 0) is 0 Å². The summed E-state index contributed by atoms with van der Waals surface area (Å²) in [5.41, 5.74) is 3.16. The average molecular weight is 232 g/mol. The summed E-state index contributed by atoms with van der Waals surface area (Å²) in [7, 11) is 0. The highest BCUT2D eigenvalue weighted by Gasteiger charge is 2.09. The highest BCUT2D eigenvalue weighted by Crippen LogP contribution is 2.29. The fourth-order valence-corrected chi connectivity index (χ4v) is 1.68. The maximum absolute atomic E-state index is 5.83. The number of fused-ring (bicyclic) bond motifs is 1. The van der Waals surface area contributed by atoms with Gasteiger partial charge in [-0.15, -0.1) is 0 Å². The molecule has 0 aliphatic carbocycles. The Morgan fingerprint density at radius 1 is 1.12 bits per heavy atom. The van der Waals surface area contributed by atoms with E-state index in [1.165, 1.54) is 6.33 Å². The van der Waals surface area contributed by atoms with Crippen molar-refractivity contribution in [3.05, 3.63) is 42.3 Å². The topological polar surface area (TPSA) is 51.8 Å². The van der Waals surface area contributed by atoms with E-state index >= 15 is 0 Å². The number of halogens is 1. The fraction of sp³-hybridized carbons (Fsp3) is 0. The molecule has 0 aliphatic heterocycles. The van der Waals surface area contributed by atoms with E-state index in [-0.39, 0.29) is 0 Å². The Hall–Kier alpha value is -1.94. The molecular formula is C11H6ClN3O. The van der Waals surface area contributed by atoms with Crippen molar-refractivity contribution in [2.24, 2.45) is 0 Å². The summed E-state index contributed by atoms with van der Waals surface area (Å²) in [4.78, 5) is 12.2. The van der Waals surface area contributed by atoms with E-state index in [0.29, 0.717) is 10.6 Å². The smallest absolute Gasteiger partial charge is 0.154 e. The molecule has 0 unspecified atom stereocenters. The van der Waals surface area contributed by atoms with Crippen molar-refractivity contribution >= 4 is 22.7 Å². The second-order valence-electron chi connectivity index (χ2n) is 3.28. The van der Waals surface area contributed by atoms with E-state index in [9.17, 15) is 0 Å². The lowest BCUT2D eigenvalue weighted by atomic mass is 10.1. The molecule has 0 bridgehead atoms. The number of nitrogens with zero attached hydrogens (tertiary/aromatic N) is 3. The highest BCUT2D eigenvalue weighted by atomic mass is 35.5. The van der Waals surface area contributed by atoms with Crippen LogP contribution < -0.4 is 0 Å². The summed E-state index contributed by atoms with van der Waals surface area (Å²) < 4.78 is 5.38. The Morgan fingerprint density at radius 3 is 2.75 bits per heavy atom. The van der Waals surface area contributed by atoms with Gasteiger partial charge in [0.05, 0.1) is 5.02 Å². The van der Waals surface area contributed by atoms with Crippen molar-refractivity contribution in [2.75, 3.05) is 0 Å². The molecule has 0 amide bonds. The van der Waals surface area contributed by atoms with Crippen LogP contribution in [0.3, 0.4) is 0 Å². The van der Waals surface area contributed by atoms with Crippen LogP contribution in [0.5, 0.6) is 0 Å². The van der Waals surface area contributed by atoms with Gasteiger partial charge in [-0.1, -0.05) is 11.6 Å². The van der Waals surface area contributed by atoms with Crippen LogP contribution in [0.1, 0.15) is 0 Å². The zero-order chi connectivity index (χ0) is 11.0. The molecule has 3 aromatic heterocycles. The van der Waals surface area contributed by atoms with Crippen molar-refractivity contribution in [1.29, 1.82) is 0 Å². The van der Waals surface area contributed by atoms with Crippen LogP contribution in [0.4, 0.5) is 0 Å². The van der Waals surface area contributed by atoms with E-state index in [0.717, 1.165) is 16.6 Å². The van der Waals surface area contributed by atoms with Gasteiger partial charge in [0.2, 0.25) is 0 Å². The van der Waals surface area contributed by atoms with Gasteiger partial charge in [-0.25, -0.2) is 9.97 Å². The molecule has 78 valence electrons. The second-order valence-corrected chi connectivity index (χ2v) is 3.71. The standard InChI is InChI=1S/C11H6ClN3O/c12-8-1-10-11(15-4-8)9(5-16-10)7-2-13-6-14-3-7/h1-6H. The molecule has 4 nitrogen and oxygen atoms in total. The van der Waals surface area contributed by atoms with Crippen LogP contribution in [0.2, 0.25) is 5.02 Å². The molecule has 0 saturated carbocycles. The second kappa shape index (κ2) is 3.57. The molecule has 5 heteroatoms. The molecule has 0 spiro atoms. The Morgan fingerprint density at radius 2 is 1.94 bits per heavy atom. The Balaban J connectivity index is 2.26. The minimum atomic E-state index is 0.553. The minimum absolute atomic E-state index is 0.553. The van der Waals surface area contributed by atoms with Gasteiger partial charge in [0.15, 0.2) is 5.58 Å².